The lowest BCUT2D eigenvalue weighted by molar-refractivity contribution is -0.131. The van der Waals surface area contributed by atoms with Gasteiger partial charge in [-0.1, -0.05) is 38.0 Å². The molecule has 0 aliphatic carbocycles. The molecule has 0 fully saturated rings. The van der Waals surface area contributed by atoms with Crippen LogP contribution >= 0.6 is 0 Å². The molecule has 0 unspecified atom stereocenters. The van der Waals surface area contributed by atoms with Gasteiger partial charge in [0.15, 0.2) is 0 Å². The van der Waals surface area contributed by atoms with Crippen LogP contribution in [0.2, 0.25) is 0 Å². The van der Waals surface area contributed by atoms with Gasteiger partial charge in [-0.3, -0.25) is 0 Å². The van der Waals surface area contributed by atoms with Gasteiger partial charge in [0, 0.05) is 24.5 Å². The van der Waals surface area contributed by atoms with E-state index in [0.717, 1.165) is 31.5 Å². The minimum atomic E-state index is -0.915. The highest BCUT2D eigenvalue weighted by Crippen LogP contribution is 2.14. The third-order valence-electron chi connectivity index (χ3n) is 2.49. The van der Waals surface area contributed by atoms with E-state index in [-0.39, 0.29) is 0 Å². The molecule has 0 saturated carbocycles. The zero-order valence-electron chi connectivity index (χ0n) is 10.2. The zero-order valence-corrected chi connectivity index (χ0v) is 10.2. The summed E-state index contributed by atoms with van der Waals surface area (Å²) >= 11 is 0. The molecule has 0 saturated heterocycles. The molecule has 3 heteroatoms. The fraction of sp³-hybridized carbons (Fsp3) is 0.357. The predicted octanol–water partition coefficient (Wildman–Crippen LogP) is 3.28. The van der Waals surface area contributed by atoms with Crippen LogP contribution in [0.3, 0.4) is 0 Å². The highest BCUT2D eigenvalue weighted by atomic mass is 16.4. The van der Waals surface area contributed by atoms with E-state index in [0.29, 0.717) is 0 Å². The quantitative estimate of drug-likeness (QED) is 0.580. The number of benzene rings is 1. The third-order valence-corrected chi connectivity index (χ3v) is 2.49. The Labute approximate surface area is 102 Å². The summed E-state index contributed by atoms with van der Waals surface area (Å²) in [4.78, 5) is 12.5. The summed E-state index contributed by atoms with van der Waals surface area (Å²) in [6.07, 6.45) is 6.19. The second kappa shape index (κ2) is 7.49. The number of hydrogen-bond acceptors (Lipinski definition) is 2. The van der Waals surface area contributed by atoms with Gasteiger partial charge in [-0.25, -0.2) is 4.79 Å². The van der Waals surface area contributed by atoms with Crippen LogP contribution in [0, 0.1) is 0 Å². The van der Waals surface area contributed by atoms with Crippen molar-refractivity contribution in [2.75, 3.05) is 11.4 Å². The van der Waals surface area contributed by atoms with E-state index in [9.17, 15) is 4.79 Å². The topological polar surface area (TPSA) is 40.5 Å². The maximum absolute atomic E-state index is 10.6. The molecule has 0 radical (unpaired) electrons. The first-order valence-corrected chi connectivity index (χ1v) is 5.97. The summed E-state index contributed by atoms with van der Waals surface area (Å²) in [5.74, 6) is -0.915. The second-order valence-corrected chi connectivity index (χ2v) is 3.89. The highest BCUT2D eigenvalue weighted by molar-refractivity contribution is 5.80. The van der Waals surface area contributed by atoms with E-state index >= 15 is 0 Å². The van der Waals surface area contributed by atoms with Crippen molar-refractivity contribution in [3.63, 3.8) is 0 Å². The third kappa shape index (κ3) is 5.20. The molecule has 0 aromatic heterocycles. The lowest BCUT2D eigenvalue weighted by Gasteiger charge is -2.20. The predicted molar refractivity (Wildman–Crippen MR) is 70.1 cm³/mol. The minimum Gasteiger partial charge on any atom is -0.478 e. The van der Waals surface area contributed by atoms with Gasteiger partial charge < -0.3 is 10.0 Å². The van der Waals surface area contributed by atoms with Gasteiger partial charge in [-0.2, -0.15) is 0 Å². The van der Waals surface area contributed by atoms with Gasteiger partial charge in [0.1, 0.15) is 0 Å². The molecule has 1 rings (SSSR count). The van der Waals surface area contributed by atoms with E-state index in [1.165, 1.54) is 6.08 Å². The Kier molecular flexibility index (Phi) is 5.86. The molecule has 1 aromatic carbocycles. The molecule has 0 amide bonds. The van der Waals surface area contributed by atoms with Crippen molar-refractivity contribution >= 4 is 11.7 Å². The van der Waals surface area contributed by atoms with Crippen molar-refractivity contribution in [2.45, 2.75) is 26.2 Å². The molecular formula is C14H19NO2. The van der Waals surface area contributed by atoms with E-state index in [1.54, 1.807) is 6.20 Å². The number of rotatable bonds is 7. The van der Waals surface area contributed by atoms with Crippen molar-refractivity contribution in [3.8, 4) is 0 Å². The number of carboxylic acids is 1. The molecule has 3 nitrogen and oxygen atoms in total. The van der Waals surface area contributed by atoms with Crippen molar-refractivity contribution in [3.05, 3.63) is 42.6 Å². The maximum atomic E-state index is 10.6. The molecule has 1 N–H and O–H groups in total. The van der Waals surface area contributed by atoms with Crippen molar-refractivity contribution in [1.82, 2.24) is 0 Å². The lowest BCUT2D eigenvalue weighted by Crippen LogP contribution is -2.17. The summed E-state index contributed by atoms with van der Waals surface area (Å²) in [7, 11) is 0. The number of carboxylic acid groups (broad SMARTS) is 1. The number of unbranched alkanes of at least 4 members (excludes halogenated alkanes) is 2. The van der Waals surface area contributed by atoms with E-state index in [1.807, 2.05) is 35.2 Å². The van der Waals surface area contributed by atoms with Crippen LogP contribution in [0.5, 0.6) is 0 Å². The highest BCUT2D eigenvalue weighted by Gasteiger charge is 2.02. The monoisotopic (exact) mass is 233 g/mol. The average molecular weight is 233 g/mol. The fourth-order valence-electron chi connectivity index (χ4n) is 1.60. The number of carbonyl (C=O) groups is 1. The molecule has 0 heterocycles. The Morgan fingerprint density at radius 3 is 2.59 bits per heavy atom. The molecule has 0 spiro atoms. The van der Waals surface area contributed by atoms with Gasteiger partial charge in [-0.05, 0) is 18.6 Å². The number of para-hydroxylation sites is 1. The largest absolute Gasteiger partial charge is 0.478 e. The molecule has 0 atom stereocenters. The van der Waals surface area contributed by atoms with Crippen molar-refractivity contribution in [1.29, 1.82) is 0 Å². The van der Waals surface area contributed by atoms with Gasteiger partial charge in [0.05, 0.1) is 0 Å². The maximum Gasteiger partial charge on any atom is 0.329 e. The van der Waals surface area contributed by atoms with Crippen LogP contribution in [-0.2, 0) is 4.79 Å². The van der Waals surface area contributed by atoms with Crippen LogP contribution in [0.4, 0.5) is 5.69 Å². The normalized spacial score (nSPS) is 10.6. The first-order chi connectivity index (χ1) is 8.24. The molecule has 1 aromatic rings. The van der Waals surface area contributed by atoms with Gasteiger partial charge >= 0.3 is 5.97 Å². The standard InChI is InChI=1S/C14H19NO2/c1-2-3-7-11-15(12-10-14(16)17)13-8-5-4-6-9-13/h4-6,8-10,12H,2-3,7,11H2,1H3,(H,16,17). The van der Waals surface area contributed by atoms with Gasteiger partial charge in [0.2, 0.25) is 0 Å². The Hall–Kier alpha value is -1.77. The summed E-state index contributed by atoms with van der Waals surface area (Å²) in [5.41, 5.74) is 1.03. The molecule has 92 valence electrons. The second-order valence-electron chi connectivity index (χ2n) is 3.89. The average Bonchev–Trinajstić information content (AvgIpc) is 2.34. The first kappa shape index (κ1) is 13.3. The van der Waals surface area contributed by atoms with Crippen LogP contribution < -0.4 is 4.90 Å². The Bertz CT molecular complexity index is 360. The smallest absolute Gasteiger partial charge is 0.329 e. The van der Waals surface area contributed by atoms with Crippen LogP contribution in [-0.4, -0.2) is 17.6 Å². The SMILES string of the molecule is CCCCCN(C=CC(=O)O)c1ccccc1. The van der Waals surface area contributed by atoms with E-state index in [2.05, 4.69) is 6.92 Å². The molecule has 0 aliphatic rings. The molecule has 0 aliphatic heterocycles. The summed E-state index contributed by atoms with van der Waals surface area (Å²) < 4.78 is 0. The molecular weight excluding hydrogens is 214 g/mol. The van der Waals surface area contributed by atoms with Crippen molar-refractivity contribution < 1.29 is 9.90 Å². The summed E-state index contributed by atoms with van der Waals surface area (Å²) in [6, 6.07) is 9.83. The first-order valence-electron chi connectivity index (χ1n) is 5.97. The Morgan fingerprint density at radius 1 is 1.29 bits per heavy atom. The number of hydrogen-bond donors (Lipinski definition) is 1. The number of anilines is 1. The number of aliphatic carboxylic acids is 1. The van der Waals surface area contributed by atoms with Crippen LogP contribution in [0.25, 0.3) is 0 Å². The number of nitrogens with zero attached hydrogens (tertiary/aromatic N) is 1. The lowest BCUT2D eigenvalue weighted by atomic mass is 10.2. The summed E-state index contributed by atoms with van der Waals surface area (Å²) in [5, 5.41) is 8.67. The fourth-order valence-corrected chi connectivity index (χ4v) is 1.60. The Balaban J connectivity index is 2.68. The van der Waals surface area contributed by atoms with Gasteiger partial charge in [-0.15, -0.1) is 0 Å². The Morgan fingerprint density at radius 2 is 2.00 bits per heavy atom. The zero-order chi connectivity index (χ0) is 12.5. The van der Waals surface area contributed by atoms with Crippen LogP contribution in [0.1, 0.15) is 26.2 Å². The molecule has 0 bridgehead atoms. The summed E-state index contributed by atoms with van der Waals surface area (Å²) in [6.45, 7) is 3.00. The van der Waals surface area contributed by atoms with E-state index in [4.69, 9.17) is 5.11 Å². The van der Waals surface area contributed by atoms with Crippen LogP contribution in [0.15, 0.2) is 42.6 Å². The van der Waals surface area contributed by atoms with Crippen molar-refractivity contribution in [2.24, 2.45) is 0 Å². The molecule has 17 heavy (non-hydrogen) atoms. The minimum absolute atomic E-state index is 0.849. The van der Waals surface area contributed by atoms with Gasteiger partial charge in [0.25, 0.3) is 0 Å². The van der Waals surface area contributed by atoms with E-state index < -0.39 is 5.97 Å².